The van der Waals surface area contributed by atoms with Crippen LogP contribution in [0.2, 0.25) is 0 Å². The first-order valence-electron chi connectivity index (χ1n) is 3.45. The number of nitrogens with zero attached hydrogens (tertiary/aromatic N) is 2. The Morgan fingerprint density at radius 3 is 2.91 bits per heavy atom. The lowest BCUT2D eigenvalue weighted by atomic mass is 10.1. The van der Waals surface area contributed by atoms with Crippen LogP contribution in [0.1, 0.15) is 11.6 Å². The van der Waals surface area contributed by atoms with Crippen LogP contribution in [-0.4, -0.2) is 28.2 Å². The van der Waals surface area contributed by atoms with E-state index in [2.05, 4.69) is 9.97 Å². The number of hydrogen-bond donors (Lipinski definition) is 2. The SMILES string of the molecule is NCC(CO)c1ccncn1. The van der Waals surface area contributed by atoms with Crippen molar-refractivity contribution in [1.29, 1.82) is 0 Å². The topological polar surface area (TPSA) is 72.0 Å². The van der Waals surface area contributed by atoms with Gasteiger partial charge in [0.05, 0.1) is 12.3 Å². The summed E-state index contributed by atoms with van der Waals surface area (Å²) < 4.78 is 0. The predicted molar refractivity (Wildman–Crippen MR) is 40.9 cm³/mol. The van der Waals surface area contributed by atoms with Gasteiger partial charge in [-0.15, -0.1) is 0 Å². The minimum absolute atomic E-state index is 0.0352. The Hall–Kier alpha value is -1.00. The quantitative estimate of drug-likeness (QED) is 0.614. The van der Waals surface area contributed by atoms with E-state index < -0.39 is 0 Å². The van der Waals surface area contributed by atoms with E-state index in [9.17, 15) is 0 Å². The minimum atomic E-state index is -0.0574. The molecule has 1 heterocycles. The summed E-state index contributed by atoms with van der Waals surface area (Å²) in [5.74, 6) is -0.0574. The first-order chi connectivity index (χ1) is 5.38. The van der Waals surface area contributed by atoms with Gasteiger partial charge in [0.2, 0.25) is 0 Å². The number of hydrogen-bond acceptors (Lipinski definition) is 4. The van der Waals surface area contributed by atoms with Crippen LogP contribution in [0.5, 0.6) is 0 Å². The van der Waals surface area contributed by atoms with Crippen LogP contribution in [-0.2, 0) is 0 Å². The fraction of sp³-hybridized carbons (Fsp3) is 0.429. The lowest BCUT2D eigenvalue weighted by Crippen LogP contribution is -2.17. The zero-order valence-electron chi connectivity index (χ0n) is 6.14. The average Bonchev–Trinajstić information content (AvgIpc) is 2.09. The number of nitrogens with two attached hydrogens (primary N) is 1. The van der Waals surface area contributed by atoms with Crippen LogP contribution in [0.25, 0.3) is 0 Å². The molecule has 4 nitrogen and oxygen atoms in total. The second-order valence-corrected chi connectivity index (χ2v) is 2.25. The molecule has 0 aliphatic rings. The first-order valence-corrected chi connectivity index (χ1v) is 3.45. The Labute approximate surface area is 65.1 Å². The molecule has 60 valence electrons. The molecule has 0 radical (unpaired) electrons. The van der Waals surface area contributed by atoms with Gasteiger partial charge >= 0.3 is 0 Å². The van der Waals surface area contributed by atoms with E-state index in [1.807, 2.05) is 0 Å². The Morgan fingerprint density at radius 2 is 2.45 bits per heavy atom. The minimum Gasteiger partial charge on any atom is -0.396 e. The molecular formula is C7H11N3O. The van der Waals surface area contributed by atoms with Crippen LogP contribution in [0.15, 0.2) is 18.6 Å². The third-order valence-electron chi connectivity index (χ3n) is 1.53. The molecule has 0 amide bonds. The highest BCUT2D eigenvalue weighted by Crippen LogP contribution is 2.07. The Morgan fingerprint density at radius 1 is 1.64 bits per heavy atom. The van der Waals surface area contributed by atoms with E-state index in [4.69, 9.17) is 10.8 Å². The predicted octanol–water partition coefficient (Wildman–Crippen LogP) is -0.489. The summed E-state index contributed by atoms with van der Waals surface area (Å²) in [4.78, 5) is 7.73. The summed E-state index contributed by atoms with van der Waals surface area (Å²) in [5.41, 5.74) is 6.19. The lowest BCUT2D eigenvalue weighted by molar-refractivity contribution is 0.265. The fourth-order valence-electron chi connectivity index (χ4n) is 0.831. The summed E-state index contributed by atoms with van der Waals surface area (Å²) in [6, 6.07) is 1.76. The van der Waals surface area contributed by atoms with E-state index in [1.54, 1.807) is 12.3 Å². The maximum Gasteiger partial charge on any atom is 0.115 e. The molecule has 1 rings (SSSR count). The van der Waals surface area contributed by atoms with Gasteiger partial charge in [-0.25, -0.2) is 9.97 Å². The largest absolute Gasteiger partial charge is 0.396 e. The normalized spacial score (nSPS) is 12.9. The second kappa shape index (κ2) is 4.00. The van der Waals surface area contributed by atoms with Gasteiger partial charge in [-0.3, -0.25) is 0 Å². The number of rotatable bonds is 3. The van der Waals surface area contributed by atoms with Crippen molar-refractivity contribution >= 4 is 0 Å². The molecule has 4 heteroatoms. The summed E-state index contributed by atoms with van der Waals surface area (Å²) in [7, 11) is 0. The Kier molecular flexibility index (Phi) is 2.95. The van der Waals surface area contributed by atoms with Crippen LogP contribution in [0.3, 0.4) is 0 Å². The highest BCUT2D eigenvalue weighted by Gasteiger charge is 2.07. The van der Waals surface area contributed by atoms with Crippen LogP contribution in [0.4, 0.5) is 0 Å². The van der Waals surface area contributed by atoms with Crippen LogP contribution >= 0.6 is 0 Å². The highest BCUT2D eigenvalue weighted by atomic mass is 16.3. The standard InChI is InChI=1S/C7H11N3O/c8-3-6(4-11)7-1-2-9-5-10-7/h1-2,5-6,11H,3-4,8H2. The van der Waals surface area contributed by atoms with Gasteiger partial charge in [-0.2, -0.15) is 0 Å². The molecule has 1 atom stereocenters. The third kappa shape index (κ3) is 1.96. The molecule has 1 aromatic rings. The molecule has 0 aliphatic carbocycles. The van der Waals surface area contributed by atoms with Crippen molar-refractivity contribution in [3.05, 3.63) is 24.3 Å². The molecule has 3 N–H and O–H groups in total. The van der Waals surface area contributed by atoms with Gasteiger partial charge in [0.15, 0.2) is 0 Å². The number of aliphatic hydroxyl groups excluding tert-OH is 1. The van der Waals surface area contributed by atoms with E-state index in [-0.39, 0.29) is 12.5 Å². The number of aliphatic hydroxyl groups is 1. The van der Waals surface area contributed by atoms with Crippen LogP contribution < -0.4 is 5.73 Å². The van der Waals surface area contributed by atoms with Crippen molar-refractivity contribution in [2.24, 2.45) is 5.73 Å². The fourth-order valence-corrected chi connectivity index (χ4v) is 0.831. The van der Waals surface area contributed by atoms with Crippen molar-refractivity contribution in [3.63, 3.8) is 0 Å². The van der Waals surface area contributed by atoms with Crippen molar-refractivity contribution in [1.82, 2.24) is 9.97 Å². The summed E-state index contributed by atoms with van der Waals surface area (Å²) in [5, 5.41) is 8.84. The average molecular weight is 153 g/mol. The third-order valence-corrected chi connectivity index (χ3v) is 1.53. The van der Waals surface area contributed by atoms with Crippen molar-refractivity contribution in [2.75, 3.05) is 13.2 Å². The van der Waals surface area contributed by atoms with Gasteiger partial charge in [0.25, 0.3) is 0 Å². The zero-order valence-corrected chi connectivity index (χ0v) is 6.14. The van der Waals surface area contributed by atoms with E-state index in [0.717, 1.165) is 5.69 Å². The molecule has 0 bridgehead atoms. The van der Waals surface area contributed by atoms with E-state index >= 15 is 0 Å². The number of aromatic nitrogens is 2. The summed E-state index contributed by atoms with van der Waals surface area (Å²) >= 11 is 0. The lowest BCUT2D eigenvalue weighted by Gasteiger charge is -2.08. The molecule has 0 saturated carbocycles. The molecule has 0 aliphatic heterocycles. The van der Waals surface area contributed by atoms with Gasteiger partial charge in [0.1, 0.15) is 6.33 Å². The molecule has 0 fully saturated rings. The molecule has 11 heavy (non-hydrogen) atoms. The molecule has 0 spiro atoms. The van der Waals surface area contributed by atoms with Gasteiger partial charge in [0, 0.05) is 18.7 Å². The highest BCUT2D eigenvalue weighted by molar-refractivity contribution is 5.05. The first kappa shape index (κ1) is 8.10. The molecule has 0 saturated heterocycles. The maximum atomic E-state index is 8.84. The van der Waals surface area contributed by atoms with Crippen LogP contribution in [0, 0.1) is 0 Å². The Bertz CT molecular complexity index is 198. The molecule has 1 aromatic heterocycles. The monoisotopic (exact) mass is 153 g/mol. The van der Waals surface area contributed by atoms with Crippen molar-refractivity contribution in [3.8, 4) is 0 Å². The smallest absolute Gasteiger partial charge is 0.115 e. The molecular weight excluding hydrogens is 142 g/mol. The van der Waals surface area contributed by atoms with E-state index in [0.29, 0.717) is 6.54 Å². The van der Waals surface area contributed by atoms with Crippen molar-refractivity contribution < 1.29 is 5.11 Å². The zero-order chi connectivity index (χ0) is 8.10. The Balaban J connectivity index is 2.74. The summed E-state index contributed by atoms with van der Waals surface area (Å²) in [6.07, 6.45) is 3.09. The van der Waals surface area contributed by atoms with Gasteiger partial charge in [-0.05, 0) is 6.07 Å². The second-order valence-electron chi connectivity index (χ2n) is 2.25. The maximum absolute atomic E-state index is 8.84. The molecule has 0 aromatic carbocycles. The van der Waals surface area contributed by atoms with E-state index in [1.165, 1.54) is 6.33 Å². The van der Waals surface area contributed by atoms with Gasteiger partial charge < -0.3 is 10.8 Å². The summed E-state index contributed by atoms with van der Waals surface area (Å²) in [6.45, 7) is 0.445. The molecule has 1 unspecified atom stereocenters. The van der Waals surface area contributed by atoms with Gasteiger partial charge in [-0.1, -0.05) is 0 Å². The van der Waals surface area contributed by atoms with Crippen molar-refractivity contribution in [2.45, 2.75) is 5.92 Å².